The molecule has 3 fully saturated rings. The van der Waals surface area contributed by atoms with Gasteiger partial charge < -0.3 is 15.3 Å². The molecule has 0 aliphatic heterocycles. The quantitative estimate of drug-likeness (QED) is 0.808. The number of carboxylic acid groups (broad SMARTS) is 1. The van der Waals surface area contributed by atoms with E-state index in [4.69, 9.17) is 0 Å². The molecule has 5 unspecified atom stereocenters. The van der Waals surface area contributed by atoms with Gasteiger partial charge in [-0.2, -0.15) is 0 Å². The van der Waals surface area contributed by atoms with Gasteiger partial charge in [0.25, 0.3) is 0 Å². The Bertz CT molecular complexity index is 387. The lowest BCUT2D eigenvalue weighted by atomic mass is 9.88. The van der Waals surface area contributed by atoms with Crippen molar-refractivity contribution in [2.75, 3.05) is 20.6 Å². The Morgan fingerprint density at radius 1 is 1.35 bits per heavy atom. The topological polar surface area (TPSA) is 52.6 Å². The van der Waals surface area contributed by atoms with Crippen LogP contribution in [0.1, 0.15) is 44.9 Å². The molecule has 0 heterocycles. The van der Waals surface area contributed by atoms with Gasteiger partial charge in [0, 0.05) is 12.6 Å². The molecule has 3 aliphatic rings. The van der Waals surface area contributed by atoms with E-state index >= 15 is 0 Å². The summed E-state index contributed by atoms with van der Waals surface area (Å²) in [6.45, 7) is 1.17. The summed E-state index contributed by atoms with van der Waals surface area (Å²) < 4.78 is 0. The molecule has 0 aromatic heterocycles. The highest BCUT2D eigenvalue weighted by molar-refractivity contribution is 5.79. The lowest BCUT2D eigenvalue weighted by Crippen LogP contribution is -2.49. The highest BCUT2D eigenvalue weighted by Gasteiger charge is 2.46. The second-order valence-corrected chi connectivity index (χ2v) is 7.41. The van der Waals surface area contributed by atoms with Crippen molar-refractivity contribution < 1.29 is 9.90 Å². The van der Waals surface area contributed by atoms with Crippen molar-refractivity contribution in [1.82, 2.24) is 10.2 Å². The molecule has 0 saturated heterocycles. The summed E-state index contributed by atoms with van der Waals surface area (Å²) in [5, 5.41) is 12.5. The average molecular weight is 280 g/mol. The lowest BCUT2D eigenvalue weighted by Gasteiger charge is -2.32. The number of nitrogens with one attached hydrogen (secondary N) is 1. The number of hydrogen-bond donors (Lipinski definition) is 2. The molecule has 3 rings (SSSR count). The number of nitrogens with zero attached hydrogens (tertiary/aromatic N) is 1. The zero-order valence-corrected chi connectivity index (χ0v) is 12.8. The van der Waals surface area contributed by atoms with Crippen molar-refractivity contribution in [1.29, 1.82) is 0 Å². The molecule has 4 heteroatoms. The lowest BCUT2D eigenvalue weighted by molar-refractivity contribution is -0.144. The highest BCUT2D eigenvalue weighted by Crippen LogP contribution is 2.48. The van der Waals surface area contributed by atoms with E-state index in [-0.39, 0.29) is 0 Å². The number of likely N-dealkylation sites (N-methyl/N-ethyl adjacent to an activating group) is 1. The Morgan fingerprint density at radius 3 is 2.65 bits per heavy atom. The highest BCUT2D eigenvalue weighted by atomic mass is 16.4. The van der Waals surface area contributed by atoms with Crippen LogP contribution in [-0.4, -0.2) is 48.2 Å². The summed E-state index contributed by atoms with van der Waals surface area (Å²) >= 11 is 0. The van der Waals surface area contributed by atoms with E-state index in [2.05, 4.69) is 17.3 Å². The SMILES string of the molecule is CNC1(C(=O)O)CCC(N(C)CC2CC3CCC2C3)C1. The number of fused-ring (bicyclic) bond motifs is 2. The summed E-state index contributed by atoms with van der Waals surface area (Å²) in [6.07, 6.45) is 8.27. The molecule has 20 heavy (non-hydrogen) atoms. The monoisotopic (exact) mass is 280 g/mol. The fourth-order valence-corrected chi connectivity index (χ4v) is 5.04. The van der Waals surface area contributed by atoms with E-state index in [1.54, 1.807) is 7.05 Å². The van der Waals surface area contributed by atoms with E-state index in [0.29, 0.717) is 6.04 Å². The van der Waals surface area contributed by atoms with Crippen LogP contribution in [0.25, 0.3) is 0 Å². The number of aliphatic carboxylic acids is 1. The fourth-order valence-electron chi connectivity index (χ4n) is 5.04. The molecule has 2 bridgehead atoms. The van der Waals surface area contributed by atoms with Crippen LogP contribution in [0.5, 0.6) is 0 Å². The number of carbonyl (C=O) groups is 1. The van der Waals surface area contributed by atoms with Gasteiger partial charge in [-0.3, -0.25) is 4.79 Å². The van der Waals surface area contributed by atoms with Crippen molar-refractivity contribution in [2.45, 2.75) is 56.5 Å². The molecule has 3 saturated carbocycles. The Balaban J connectivity index is 1.56. The first-order valence-corrected chi connectivity index (χ1v) is 8.16. The van der Waals surface area contributed by atoms with E-state index in [1.807, 2.05) is 0 Å². The molecule has 0 radical (unpaired) electrons. The third-order valence-electron chi connectivity index (χ3n) is 6.41. The molecule has 114 valence electrons. The molecule has 5 atom stereocenters. The second-order valence-electron chi connectivity index (χ2n) is 7.41. The van der Waals surface area contributed by atoms with Crippen molar-refractivity contribution in [3.63, 3.8) is 0 Å². The minimum absolute atomic E-state index is 0.428. The van der Waals surface area contributed by atoms with Gasteiger partial charge in [0.05, 0.1) is 0 Å². The van der Waals surface area contributed by atoms with E-state index in [9.17, 15) is 9.90 Å². The molecule has 0 aromatic rings. The molecular formula is C16H28N2O2. The van der Waals surface area contributed by atoms with Crippen LogP contribution in [0.15, 0.2) is 0 Å². The van der Waals surface area contributed by atoms with Gasteiger partial charge in [0.15, 0.2) is 0 Å². The van der Waals surface area contributed by atoms with Gasteiger partial charge in [-0.15, -0.1) is 0 Å². The normalized spacial score (nSPS) is 43.5. The summed E-state index contributed by atoms with van der Waals surface area (Å²) in [5.74, 6) is 2.14. The average Bonchev–Trinajstić information content (AvgIpc) is 3.13. The van der Waals surface area contributed by atoms with Gasteiger partial charge in [-0.05, 0) is 70.4 Å². The van der Waals surface area contributed by atoms with Gasteiger partial charge in [0.2, 0.25) is 0 Å². The third-order valence-corrected chi connectivity index (χ3v) is 6.41. The zero-order chi connectivity index (χ0) is 14.3. The minimum Gasteiger partial charge on any atom is -0.480 e. The Morgan fingerprint density at radius 2 is 2.15 bits per heavy atom. The Kier molecular flexibility index (Phi) is 3.80. The third kappa shape index (κ3) is 2.37. The first-order chi connectivity index (χ1) is 9.54. The minimum atomic E-state index is -0.687. The van der Waals surface area contributed by atoms with E-state index < -0.39 is 11.5 Å². The Hall–Kier alpha value is -0.610. The van der Waals surface area contributed by atoms with Crippen LogP contribution in [0.4, 0.5) is 0 Å². The predicted octanol–water partition coefficient (Wildman–Crippen LogP) is 1.95. The zero-order valence-electron chi connectivity index (χ0n) is 12.8. The standard InChI is InChI=1S/C16H28N2O2/c1-17-16(15(19)20)6-5-14(9-16)18(2)10-13-8-11-3-4-12(13)7-11/h11-14,17H,3-10H2,1-2H3,(H,19,20). The predicted molar refractivity (Wildman–Crippen MR) is 78.6 cm³/mol. The fraction of sp³-hybridized carbons (Fsp3) is 0.938. The number of hydrogen-bond acceptors (Lipinski definition) is 3. The van der Waals surface area contributed by atoms with Crippen LogP contribution < -0.4 is 5.32 Å². The van der Waals surface area contributed by atoms with Crippen LogP contribution in [0, 0.1) is 17.8 Å². The smallest absolute Gasteiger partial charge is 0.323 e. The molecule has 3 aliphatic carbocycles. The first-order valence-electron chi connectivity index (χ1n) is 8.16. The van der Waals surface area contributed by atoms with Crippen molar-refractivity contribution in [3.05, 3.63) is 0 Å². The van der Waals surface area contributed by atoms with Gasteiger partial charge in [-0.25, -0.2) is 0 Å². The van der Waals surface area contributed by atoms with Crippen molar-refractivity contribution >= 4 is 5.97 Å². The largest absolute Gasteiger partial charge is 0.480 e. The van der Waals surface area contributed by atoms with Crippen LogP contribution in [-0.2, 0) is 4.79 Å². The molecular weight excluding hydrogens is 252 g/mol. The number of carboxylic acids is 1. The van der Waals surface area contributed by atoms with Gasteiger partial charge in [0.1, 0.15) is 5.54 Å². The maximum Gasteiger partial charge on any atom is 0.323 e. The van der Waals surface area contributed by atoms with E-state index in [0.717, 1.165) is 37.0 Å². The maximum absolute atomic E-state index is 11.5. The molecule has 2 N–H and O–H groups in total. The van der Waals surface area contributed by atoms with Crippen LogP contribution >= 0.6 is 0 Å². The van der Waals surface area contributed by atoms with Gasteiger partial charge in [-0.1, -0.05) is 6.42 Å². The first kappa shape index (κ1) is 14.3. The maximum atomic E-state index is 11.5. The Labute approximate surface area is 121 Å². The van der Waals surface area contributed by atoms with Crippen molar-refractivity contribution in [2.24, 2.45) is 17.8 Å². The van der Waals surface area contributed by atoms with Crippen LogP contribution in [0.2, 0.25) is 0 Å². The molecule has 0 spiro atoms. The molecule has 0 aromatic carbocycles. The summed E-state index contributed by atoms with van der Waals surface area (Å²) in [4.78, 5) is 13.9. The summed E-state index contributed by atoms with van der Waals surface area (Å²) in [7, 11) is 3.98. The van der Waals surface area contributed by atoms with Gasteiger partial charge >= 0.3 is 5.97 Å². The summed E-state index contributed by atoms with van der Waals surface area (Å²) in [6, 6.07) is 0.428. The van der Waals surface area contributed by atoms with Crippen LogP contribution in [0.3, 0.4) is 0 Å². The second kappa shape index (κ2) is 5.30. The van der Waals surface area contributed by atoms with E-state index in [1.165, 1.54) is 32.2 Å². The van der Waals surface area contributed by atoms with Crippen molar-refractivity contribution in [3.8, 4) is 0 Å². The summed E-state index contributed by atoms with van der Waals surface area (Å²) in [5.41, 5.74) is -0.687. The molecule has 4 nitrogen and oxygen atoms in total. The number of rotatable bonds is 5. The molecule has 0 amide bonds.